The second kappa shape index (κ2) is 9.55. The number of nitrogens with one attached hydrogen (secondary N) is 2. The van der Waals surface area contributed by atoms with E-state index in [4.69, 9.17) is 0 Å². The van der Waals surface area contributed by atoms with E-state index in [1.807, 2.05) is 24.6 Å². The maximum atomic E-state index is 4.43. The number of rotatable bonds is 5. The Hall–Kier alpha value is -0.370. The molecule has 4 nitrogen and oxygen atoms in total. The van der Waals surface area contributed by atoms with Crippen molar-refractivity contribution in [2.75, 3.05) is 13.6 Å². The summed E-state index contributed by atoms with van der Waals surface area (Å²) in [5, 5.41) is 8.08. The van der Waals surface area contributed by atoms with E-state index in [-0.39, 0.29) is 24.0 Å². The molecule has 1 aliphatic carbocycles. The Labute approximate surface area is 142 Å². The molecule has 0 aliphatic heterocycles. The summed E-state index contributed by atoms with van der Waals surface area (Å²) in [4.78, 5) is 10.1. The zero-order valence-corrected chi connectivity index (χ0v) is 15.5. The summed E-state index contributed by atoms with van der Waals surface area (Å²) >= 11 is 1.81. The molecule has 1 aliphatic rings. The number of aryl methyl sites for hydroxylation is 1. The fourth-order valence-electron chi connectivity index (χ4n) is 2.37. The van der Waals surface area contributed by atoms with Gasteiger partial charge in [0, 0.05) is 37.1 Å². The van der Waals surface area contributed by atoms with Crippen molar-refractivity contribution in [3.8, 4) is 0 Å². The Kier molecular flexibility index (Phi) is 8.44. The third-order valence-corrected chi connectivity index (χ3v) is 4.70. The molecule has 0 unspecified atom stereocenters. The minimum absolute atomic E-state index is 0. The zero-order valence-electron chi connectivity index (χ0n) is 12.3. The fourth-order valence-corrected chi connectivity index (χ4v) is 3.23. The van der Waals surface area contributed by atoms with Gasteiger partial charge in [-0.25, -0.2) is 4.98 Å². The summed E-state index contributed by atoms with van der Waals surface area (Å²) in [6, 6.07) is 0.609. The first-order valence-electron chi connectivity index (χ1n) is 7.22. The maximum absolute atomic E-state index is 4.43. The number of halogens is 1. The number of aromatic nitrogens is 1. The summed E-state index contributed by atoms with van der Waals surface area (Å²) in [6.45, 7) is 3.06. The Morgan fingerprint density at radius 2 is 2.20 bits per heavy atom. The minimum atomic E-state index is 0. The molecule has 114 valence electrons. The Bertz CT molecular complexity index is 413. The smallest absolute Gasteiger partial charge is 0.191 e. The van der Waals surface area contributed by atoms with E-state index in [1.54, 1.807) is 0 Å². The lowest BCUT2D eigenvalue weighted by Gasteiger charge is -2.16. The fraction of sp³-hybridized carbons (Fsp3) is 0.714. The van der Waals surface area contributed by atoms with E-state index in [0.717, 1.165) is 25.3 Å². The van der Waals surface area contributed by atoms with Crippen molar-refractivity contribution < 1.29 is 0 Å². The van der Waals surface area contributed by atoms with Crippen LogP contribution in [0.1, 0.15) is 42.5 Å². The molecule has 1 aromatic rings. The molecule has 1 aromatic heterocycles. The van der Waals surface area contributed by atoms with Gasteiger partial charge < -0.3 is 10.6 Å². The summed E-state index contributed by atoms with van der Waals surface area (Å²) < 4.78 is 0. The molecule has 0 atom stereocenters. The van der Waals surface area contributed by atoms with Crippen molar-refractivity contribution in [3.63, 3.8) is 0 Å². The number of guanidine groups is 1. The molecule has 1 heterocycles. The average molecular weight is 408 g/mol. The van der Waals surface area contributed by atoms with E-state index in [0.29, 0.717) is 6.04 Å². The molecule has 0 amide bonds. The molecule has 0 saturated heterocycles. The van der Waals surface area contributed by atoms with Crippen molar-refractivity contribution in [2.45, 2.75) is 51.5 Å². The number of thiazole rings is 1. The van der Waals surface area contributed by atoms with Crippen molar-refractivity contribution in [2.24, 2.45) is 4.99 Å². The molecule has 0 bridgehead atoms. The maximum Gasteiger partial charge on any atom is 0.191 e. The first-order chi connectivity index (χ1) is 9.31. The highest BCUT2D eigenvalue weighted by molar-refractivity contribution is 14.0. The molecule has 20 heavy (non-hydrogen) atoms. The van der Waals surface area contributed by atoms with Crippen molar-refractivity contribution in [1.29, 1.82) is 0 Å². The van der Waals surface area contributed by atoms with Crippen LogP contribution in [0.15, 0.2) is 11.2 Å². The quantitative estimate of drug-likeness (QED) is 0.448. The number of nitrogens with zero attached hydrogens (tertiary/aromatic N) is 2. The Morgan fingerprint density at radius 3 is 2.80 bits per heavy atom. The van der Waals surface area contributed by atoms with Crippen LogP contribution in [0.4, 0.5) is 0 Å². The van der Waals surface area contributed by atoms with Crippen molar-refractivity contribution in [1.82, 2.24) is 15.6 Å². The third kappa shape index (κ3) is 5.55. The highest BCUT2D eigenvalue weighted by atomic mass is 127. The van der Waals surface area contributed by atoms with Crippen molar-refractivity contribution in [3.05, 3.63) is 16.1 Å². The first-order valence-corrected chi connectivity index (χ1v) is 8.04. The standard InChI is InChI=1S/C14H24N4S.HI/c1-3-12-10-17-13(19-12)8-9-16-14(15-2)18-11-6-4-5-7-11;/h10-11H,3-9H2,1-2H3,(H2,15,16,18);1H. The molecule has 2 rings (SSSR count). The number of hydrogen-bond acceptors (Lipinski definition) is 3. The molecule has 0 aromatic carbocycles. The SMILES string of the molecule is CCc1cnc(CCNC(=NC)NC2CCCC2)s1.I. The van der Waals surface area contributed by atoms with Crippen LogP contribution < -0.4 is 10.6 Å². The van der Waals surface area contributed by atoms with Crippen LogP contribution in [-0.2, 0) is 12.8 Å². The second-order valence-electron chi connectivity index (χ2n) is 4.95. The van der Waals surface area contributed by atoms with Crippen LogP contribution >= 0.6 is 35.3 Å². The van der Waals surface area contributed by atoms with Crippen LogP contribution in [0.25, 0.3) is 0 Å². The van der Waals surface area contributed by atoms with Crippen LogP contribution in [0.3, 0.4) is 0 Å². The van der Waals surface area contributed by atoms with Gasteiger partial charge in [0.1, 0.15) is 0 Å². The minimum Gasteiger partial charge on any atom is -0.356 e. The Morgan fingerprint density at radius 1 is 1.45 bits per heavy atom. The second-order valence-corrected chi connectivity index (χ2v) is 6.15. The van der Waals surface area contributed by atoms with Gasteiger partial charge in [0.15, 0.2) is 5.96 Å². The van der Waals surface area contributed by atoms with Gasteiger partial charge in [-0.1, -0.05) is 19.8 Å². The van der Waals surface area contributed by atoms with E-state index < -0.39 is 0 Å². The van der Waals surface area contributed by atoms with Crippen LogP contribution in [0.5, 0.6) is 0 Å². The monoisotopic (exact) mass is 408 g/mol. The zero-order chi connectivity index (χ0) is 13.5. The molecule has 6 heteroatoms. The highest BCUT2D eigenvalue weighted by Crippen LogP contribution is 2.17. The van der Waals surface area contributed by atoms with Gasteiger partial charge >= 0.3 is 0 Å². The lowest BCUT2D eigenvalue weighted by molar-refractivity contribution is 0.613. The van der Waals surface area contributed by atoms with Gasteiger partial charge in [0.25, 0.3) is 0 Å². The lowest BCUT2D eigenvalue weighted by Crippen LogP contribution is -2.42. The molecule has 1 fully saturated rings. The van der Waals surface area contributed by atoms with Gasteiger partial charge in [-0.2, -0.15) is 0 Å². The average Bonchev–Trinajstić information content (AvgIpc) is 3.08. The number of aliphatic imine (C=N–C) groups is 1. The van der Waals surface area contributed by atoms with Crippen LogP contribution in [-0.4, -0.2) is 30.6 Å². The van der Waals surface area contributed by atoms with Gasteiger partial charge in [0.05, 0.1) is 5.01 Å². The van der Waals surface area contributed by atoms with Crippen LogP contribution in [0, 0.1) is 0 Å². The van der Waals surface area contributed by atoms with E-state index in [9.17, 15) is 0 Å². The number of hydrogen-bond donors (Lipinski definition) is 2. The Balaban J connectivity index is 0.00000200. The highest BCUT2D eigenvalue weighted by Gasteiger charge is 2.15. The molecule has 2 N–H and O–H groups in total. The lowest BCUT2D eigenvalue weighted by atomic mass is 10.2. The molecular formula is C14H25IN4S. The van der Waals surface area contributed by atoms with E-state index in [2.05, 4.69) is 27.5 Å². The van der Waals surface area contributed by atoms with Gasteiger partial charge in [-0.3, -0.25) is 4.99 Å². The van der Waals surface area contributed by atoms with Gasteiger partial charge in [0.2, 0.25) is 0 Å². The third-order valence-electron chi connectivity index (χ3n) is 3.50. The molecular weight excluding hydrogens is 383 g/mol. The summed E-state index contributed by atoms with van der Waals surface area (Å²) in [6.07, 6.45) is 9.26. The van der Waals surface area contributed by atoms with Gasteiger partial charge in [-0.15, -0.1) is 35.3 Å². The molecule has 0 spiro atoms. The predicted octanol–water partition coefficient (Wildman–Crippen LogP) is 2.97. The molecule has 0 radical (unpaired) electrons. The summed E-state index contributed by atoms with van der Waals surface area (Å²) in [5.41, 5.74) is 0. The van der Waals surface area contributed by atoms with Crippen LogP contribution in [0.2, 0.25) is 0 Å². The normalized spacial score (nSPS) is 16.0. The largest absolute Gasteiger partial charge is 0.356 e. The van der Waals surface area contributed by atoms with Gasteiger partial charge in [-0.05, 0) is 19.3 Å². The summed E-state index contributed by atoms with van der Waals surface area (Å²) in [5.74, 6) is 0.930. The topological polar surface area (TPSA) is 49.3 Å². The first kappa shape index (κ1) is 17.7. The van der Waals surface area contributed by atoms with Crippen molar-refractivity contribution >= 4 is 41.3 Å². The van der Waals surface area contributed by atoms with E-state index >= 15 is 0 Å². The molecule has 1 saturated carbocycles. The van der Waals surface area contributed by atoms with E-state index in [1.165, 1.54) is 35.6 Å². The summed E-state index contributed by atoms with van der Waals surface area (Å²) in [7, 11) is 1.84. The predicted molar refractivity (Wildman–Crippen MR) is 97.4 cm³/mol.